The van der Waals surface area contributed by atoms with Crippen LogP contribution in [0.3, 0.4) is 0 Å². The monoisotopic (exact) mass is 513 g/mol. The summed E-state index contributed by atoms with van der Waals surface area (Å²) in [4.78, 5) is 8.74. The SMILES string of the molecule is CC(F)(F)c1ccc(-c2ccc(Cn3ccc4nc(-c5ccccc5F)nc-4c3)nn2)c(C(F)(F)F)c1. The first-order valence-corrected chi connectivity index (χ1v) is 11.0. The minimum Gasteiger partial charge on any atom is -0.346 e. The molecule has 0 spiro atoms. The maximum absolute atomic E-state index is 14.1. The average Bonchev–Trinajstić information content (AvgIpc) is 3.26. The minimum atomic E-state index is -4.86. The predicted octanol–water partition coefficient (Wildman–Crippen LogP) is 6.82. The summed E-state index contributed by atoms with van der Waals surface area (Å²) in [5.41, 5.74) is -0.597. The van der Waals surface area contributed by atoms with Gasteiger partial charge >= 0.3 is 6.18 Å². The Labute approximate surface area is 206 Å². The van der Waals surface area contributed by atoms with Crippen LogP contribution in [-0.4, -0.2) is 24.7 Å². The van der Waals surface area contributed by atoms with Crippen molar-refractivity contribution in [2.24, 2.45) is 0 Å². The lowest BCUT2D eigenvalue weighted by Crippen LogP contribution is -2.13. The lowest BCUT2D eigenvalue weighted by atomic mass is 9.98. The maximum atomic E-state index is 14.1. The van der Waals surface area contributed by atoms with E-state index in [9.17, 15) is 26.3 Å². The van der Waals surface area contributed by atoms with Gasteiger partial charge in [-0.1, -0.05) is 24.3 Å². The molecule has 0 amide bonds. The van der Waals surface area contributed by atoms with Crippen molar-refractivity contribution in [3.8, 4) is 34.0 Å². The van der Waals surface area contributed by atoms with E-state index < -0.39 is 29.0 Å². The zero-order valence-corrected chi connectivity index (χ0v) is 19.1. The molecule has 2 aromatic carbocycles. The molecule has 0 radical (unpaired) electrons. The van der Waals surface area contributed by atoms with E-state index in [1.54, 1.807) is 41.2 Å². The summed E-state index contributed by atoms with van der Waals surface area (Å²) in [6.45, 7) is 0.756. The standard InChI is InChI=1S/C26H17F6N5/c1-25(28,29)15-6-8-17(19(12-15)26(30,31)32)21-9-7-16(35-36-21)13-37-11-10-22-23(14-37)34-24(33-22)18-4-2-3-5-20(18)27/h2-12,14H,13H2,1H3. The molecule has 0 unspecified atom stereocenters. The molecule has 188 valence electrons. The molecule has 11 heteroatoms. The number of benzene rings is 2. The predicted molar refractivity (Wildman–Crippen MR) is 123 cm³/mol. The minimum absolute atomic E-state index is 0.0982. The summed E-state index contributed by atoms with van der Waals surface area (Å²) >= 11 is 0. The highest BCUT2D eigenvalue weighted by Gasteiger charge is 2.37. The van der Waals surface area contributed by atoms with Crippen molar-refractivity contribution >= 4 is 0 Å². The van der Waals surface area contributed by atoms with Gasteiger partial charge in [0, 0.05) is 30.4 Å². The molecule has 2 aliphatic heterocycles. The molecule has 3 aromatic rings. The fourth-order valence-electron chi connectivity index (χ4n) is 3.86. The van der Waals surface area contributed by atoms with Gasteiger partial charge in [0.15, 0.2) is 5.82 Å². The summed E-state index contributed by atoms with van der Waals surface area (Å²) < 4.78 is 83.8. The van der Waals surface area contributed by atoms with E-state index in [0.29, 0.717) is 30.1 Å². The van der Waals surface area contributed by atoms with Crippen LogP contribution < -0.4 is 0 Å². The molecule has 5 rings (SSSR count). The van der Waals surface area contributed by atoms with Gasteiger partial charge in [-0.2, -0.15) is 23.4 Å². The molecule has 5 nitrogen and oxygen atoms in total. The second kappa shape index (κ2) is 8.99. The third-order valence-electron chi connectivity index (χ3n) is 5.71. The number of hydrogen-bond acceptors (Lipinski definition) is 4. The third kappa shape index (κ3) is 5.02. The van der Waals surface area contributed by atoms with Gasteiger partial charge in [-0.05, 0) is 36.4 Å². The Bertz CT molecular complexity index is 1540. The van der Waals surface area contributed by atoms with E-state index in [1.165, 1.54) is 18.2 Å². The fourth-order valence-corrected chi connectivity index (χ4v) is 3.86. The van der Waals surface area contributed by atoms with Crippen LogP contribution in [0.4, 0.5) is 26.3 Å². The molecule has 1 aromatic heterocycles. The van der Waals surface area contributed by atoms with Gasteiger partial charge in [0.25, 0.3) is 5.92 Å². The first-order chi connectivity index (χ1) is 17.5. The van der Waals surface area contributed by atoms with E-state index in [1.807, 2.05) is 0 Å². The largest absolute Gasteiger partial charge is 0.417 e. The maximum Gasteiger partial charge on any atom is 0.417 e. The first kappa shape index (κ1) is 24.4. The van der Waals surface area contributed by atoms with Crippen molar-refractivity contribution in [2.45, 2.75) is 25.6 Å². The second-order valence-electron chi connectivity index (χ2n) is 8.47. The number of imidazole rings is 1. The van der Waals surface area contributed by atoms with Crippen LogP contribution in [-0.2, 0) is 18.6 Å². The van der Waals surface area contributed by atoms with Crippen LogP contribution in [0, 0.1) is 5.82 Å². The van der Waals surface area contributed by atoms with E-state index in [4.69, 9.17) is 0 Å². The number of pyridine rings is 1. The molecule has 0 fully saturated rings. The smallest absolute Gasteiger partial charge is 0.346 e. The quantitative estimate of drug-likeness (QED) is 0.242. The molecular weight excluding hydrogens is 496 g/mol. The zero-order valence-electron chi connectivity index (χ0n) is 19.1. The van der Waals surface area contributed by atoms with Crippen molar-refractivity contribution in [3.63, 3.8) is 0 Å². The molecule has 0 saturated carbocycles. The van der Waals surface area contributed by atoms with Crippen LogP contribution in [0.1, 0.15) is 23.7 Å². The molecule has 0 atom stereocenters. The van der Waals surface area contributed by atoms with Gasteiger partial charge in [-0.3, -0.25) is 0 Å². The Kier molecular flexibility index (Phi) is 5.93. The lowest BCUT2D eigenvalue weighted by molar-refractivity contribution is -0.137. The highest BCUT2D eigenvalue weighted by atomic mass is 19.4. The Hall–Kier alpha value is -4.28. The zero-order chi connectivity index (χ0) is 26.4. The Balaban J connectivity index is 1.41. The highest BCUT2D eigenvalue weighted by molar-refractivity contribution is 5.66. The molecule has 0 N–H and O–H groups in total. The summed E-state index contributed by atoms with van der Waals surface area (Å²) in [6.07, 6.45) is -1.46. The van der Waals surface area contributed by atoms with Crippen LogP contribution in [0.15, 0.2) is 73.1 Å². The van der Waals surface area contributed by atoms with Crippen LogP contribution in [0.25, 0.3) is 34.0 Å². The van der Waals surface area contributed by atoms with Gasteiger partial charge in [0.2, 0.25) is 0 Å². The van der Waals surface area contributed by atoms with E-state index in [-0.39, 0.29) is 29.2 Å². The van der Waals surface area contributed by atoms with Crippen LogP contribution >= 0.6 is 0 Å². The summed E-state index contributed by atoms with van der Waals surface area (Å²) in [6, 6.07) is 13.1. The average molecular weight is 513 g/mol. The Morgan fingerprint density at radius 1 is 0.784 bits per heavy atom. The van der Waals surface area contributed by atoms with Crippen molar-refractivity contribution in [1.82, 2.24) is 24.7 Å². The number of aromatic nitrogens is 5. The van der Waals surface area contributed by atoms with E-state index in [2.05, 4.69) is 20.2 Å². The molecule has 0 aliphatic carbocycles. The molecule has 0 saturated heterocycles. The van der Waals surface area contributed by atoms with Gasteiger partial charge in [-0.25, -0.2) is 23.1 Å². The van der Waals surface area contributed by atoms with Crippen molar-refractivity contribution in [2.75, 3.05) is 0 Å². The fraction of sp³-hybridized carbons (Fsp3) is 0.154. The Morgan fingerprint density at radius 3 is 2.22 bits per heavy atom. The lowest BCUT2D eigenvalue weighted by Gasteiger charge is -2.17. The van der Waals surface area contributed by atoms with E-state index >= 15 is 0 Å². The number of hydrogen-bond donors (Lipinski definition) is 0. The molecule has 37 heavy (non-hydrogen) atoms. The molecule has 2 aliphatic rings. The van der Waals surface area contributed by atoms with Gasteiger partial charge in [0.05, 0.1) is 34.8 Å². The number of fused-ring (bicyclic) bond motifs is 1. The molecule has 3 heterocycles. The summed E-state index contributed by atoms with van der Waals surface area (Å²) in [5, 5.41) is 7.92. The highest BCUT2D eigenvalue weighted by Crippen LogP contribution is 2.39. The summed E-state index contributed by atoms with van der Waals surface area (Å²) in [7, 11) is 0. The van der Waals surface area contributed by atoms with Crippen molar-refractivity contribution in [1.29, 1.82) is 0 Å². The Morgan fingerprint density at radius 2 is 1.54 bits per heavy atom. The number of rotatable bonds is 5. The third-order valence-corrected chi connectivity index (χ3v) is 5.71. The molecular formula is C26H17F6N5. The molecule has 0 bridgehead atoms. The van der Waals surface area contributed by atoms with Crippen LogP contribution in [0.2, 0.25) is 0 Å². The number of halogens is 6. The first-order valence-electron chi connectivity index (χ1n) is 11.0. The number of nitrogens with zero attached hydrogens (tertiary/aromatic N) is 5. The topological polar surface area (TPSA) is 56.5 Å². The van der Waals surface area contributed by atoms with Gasteiger partial charge < -0.3 is 4.57 Å². The van der Waals surface area contributed by atoms with Gasteiger partial charge in [0.1, 0.15) is 11.5 Å². The van der Waals surface area contributed by atoms with Gasteiger partial charge in [-0.15, -0.1) is 0 Å². The second-order valence-corrected chi connectivity index (χ2v) is 8.47. The normalized spacial score (nSPS) is 12.3. The van der Waals surface area contributed by atoms with E-state index in [0.717, 1.165) is 12.1 Å². The summed E-state index contributed by atoms with van der Waals surface area (Å²) in [5.74, 6) is -3.61. The van der Waals surface area contributed by atoms with Crippen LogP contribution in [0.5, 0.6) is 0 Å². The van der Waals surface area contributed by atoms with Crippen molar-refractivity contribution in [3.05, 3.63) is 95.7 Å². The van der Waals surface area contributed by atoms with Crippen molar-refractivity contribution < 1.29 is 26.3 Å². The number of alkyl halides is 5.